The lowest BCUT2D eigenvalue weighted by molar-refractivity contribution is 0.450. The van der Waals surface area contributed by atoms with Crippen LogP contribution in [0.1, 0.15) is 35.5 Å². The number of phenolic OH excluding ortho intramolecular Hbond substituents is 2. The van der Waals surface area contributed by atoms with Gasteiger partial charge < -0.3 is 10.2 Å². The van der Waals surface area contributed by atoms with Crippen LogP contribution >= 0.6 is 12.2 Å². The fourth-order valence-electron chi connectivity index (χ4n) is 3.03. The van der Waals surface area contributed by atoms with Crippen molar-refractivity contribution in [1.29, 1.82) is 0 Å². The van der Waals surface area contributed by atoms with Crippen molar-refractivity contribution in [3.63, 3.8) is 0 Å². The van der Waals surface area contributed by atoms with E-state index in [2.05, 4.69) is 38.3 Å². The molecule has 9 heteroatoms. The Morgan fingerprint density at radius 1 is 1.11 bits per heavy atom. The minimum Gasteiger partial charge on any atom is -0.508 e. The number of nitrogens with one attached hydrogen (secondary N) is 3. The smallest absolute Gasteiger partial charge is 0.216 e. The lowest BCUT2D eigenvalue weighted by Gasteiger charge is -2.09. The van der Waals surface area contributed by atoms with Gasteiger partial charge in [-0.1, -0.05) is 30.3 Å². The maximum atomic E-state index is 9.90. The number of hydrogen-bond donors (Lipinski definition) is 5. The first-order valence-corrected chi connectivity index (χ1v) is 8.82. The molecule has 4 rings (SSSR count). The summed E-state index contributed by atoms with van der Waals surface area (Å²) in [4.78, 5) is 0. The Bertz CT molecular complexity index is 1030. The van der Waals surface area contributed by atoms with E-state index in [1.54, 1.807) is 6.07 Å². The molecule has 8 nitrogen and oxygen atoms in total. The standard InChI is InChI=1S/C18H18N6O2S/c25-13-7-6-12(16(26)8-13)10-19-24-17(22-23-18(24)27)15-9-14(20-21-15)11-4-2-1-3-5-11/h1-8,10,14-15,20-21,25-26H,9H2,(H,23,27)/b19-10+. The zero-order valence-electron chi connectivity index (χ0n) is 14.2. The van der Waals surface area contributed by atoms with Crippen LogP contribution in [0.5, 0.6) is 11.5 Å². The molecule has 5 N–H and O–H groups in total. The molecule has 2 atom stereocenters. The molecule has 1 aromatic heterocycles. The van der Waals surface area contributed by atoms with E-state index in [-0.39, 0.29) is 23.6 Å². The van der Waals surface area contributed by atoms with Gasteiger partial charge in [0.1, 0.15) is 11.5 Å². The fraction of sp³-hybridized carbons (Fsp3) is 0.167. The van der Waals surface area contributed by atoms with E-state index < -0.39 is 0 Å². The summed E-state index contributed by atoms with van der Waals surface area (Å²) < 4.78 is 1.87. The van der Waals surface area contributed by atoms with E-state index in [4.69, 9.17) is 12.2 Å². The lowest BCUT2D eigenvalue weighted by atomic mass is 10.0. The second-order valence-corrected chi connectivity index (χ2v) is 6.61. The van der Waals surface area contributed by atoms with Gasteiger partial charge in [0.2, 0.25) is 4.77 Å². The Labute approximate surface area is 160 Å². The van der Waals surface area contributed by atoms with Crippen LogP contribution in [0.4, 0.5) is 0 Å². The van der Waals surface area contributed by atoms with E-state index in [0.717, 1.165) is 6.42 Å². The number of aromatic amines is 1. The van der Waals surface area contributed by atoms with Crippen molar-refractivity contribution in [2.75, 3.05) is 0 Å². The number of nitrogens with zero attached hydrogens (tertiary/aromatic N) is 3. The highest BCUT2D eigenvalue weighted by molar-refractivity contribution is 7.71. The third kappa shape index (κ3) is 3.61. The van der Waals surface area contributed by atoms with Crippen LogP contribution in [-0.4, -0.2) is 31.3 Å². The summed E-state index contributed by atoms with van der Waals surface area (Å²) in [6.07, 6.45) is 2.25. The van der Waals surface area contributed by atoms with Gasteiger partial charge in [-0.3, -0.25) is 5.10 Å². The van der Waals surface area contributed by atoms with Crippen LogP contribution in [0.3, 0.4) is 0 Å². The topological polar surface area (TPSA) is 110 Å². The second kappa shape index (κ2) is 7.31. The third-order valence-corrected chi connectivity index (χ3v) is 4.68. The SMILES string of the molecule is Oc1ccc(/C=N/n2c(C3CC(c4ccccc4)NN3)n[nH]c2=S)c(O)c1. The van der Waals surface area contributed by atoms with Crippen molar-refractivity contribution in [1.82, 2.24) is 25.7 Å². The van der Waals surface area contributed by atoms with Crippen LogP contribution in [-0.2, 0) is 0 Å². The molecule has 0 bridgehead atoms. The molecule has 1 fully saturated rings. The third-order valence-electron chi connectivity index (χ3n) is 4.42. The summed E-state index contributed by atoms with van der Waals surface area (Å²) >= 11 is 5.28. The highest BCUT2D eigenvalue weighted by atomic mass is 32.1. The van der Waals surface area contributed by atoms with E-state index >= 15 is 0 Å². The first-order chi connectivity index (χ1) is 13.1. The van der Waals surface area contributed by atoms with Gasteiger partial charge in [-0.2, -0.15) is 14.9 Å². The highest BCUT2D eigenvalue weighted by Crippen LogP contribution is 2.30. The zero-order chi connectivity index (χ0) is 18.8. The molecule has 0 radical (unpaired) electrons. The maximum Gasteiger partial charge on any atom is 0.216 e. The molecule has 2 heterocycles. The normalized spacial score (nSPS) is 19.7. The van der Waals surface area contributed by atoms with E-state index in [1.165, 1.54) is 28.6 Å². The Kier molecular flexibility index (Phi) is 4.71. The molecule has 1 saturated heterocycles. The quantitative estimate of drug-likeness (QED) is 0.350. The predicted molar refractivity (Wildman–Crippen MR) is 103 cm³/mol. The summed E-state index contributed by atoms with van der Waals surface area (Å²) in [6, 6.07) is 14.5. The summed E-state index contributed by atoms with van der Waals surface area (Å²) in [5.74, 6) is 0.555. The molecule has 2 unspecified atom stereocenters. The van der Waals surface area contributed by atoms with Crippen molar-refractivity contribution < 1.29 is 10.2 Å². The molecule has 0 saturated carbocycles. The van der Waals surface area contributed by atoms with Crippen LogP contribution in [0.15, 0.2) is 53.6 Å². The number of benzene rings is 2. The molecule has 1 aliphatic heterocycles. The van der Waals surface area contributed by atoms with E-state index in [1.807, 2.05) is 18.2 Å². The molecular formula is C18H18N6O2S. The van der Waals surface area contributed by atoms with Gasteiger partial charge in [0, 0.05) is 17.7 Å². The summed E-state index contributed by atoms with van der Waals surface area (Å²) in [5, 5.41) is 30.7. The highest BCUT2D eigenvalue weighted by Gasteiger charge is 2.29. The van der Waals surface area contributed by atoms with Gasteiger partial charge in [0.05, 0.1) is 12.3 Å². The molecular weight excluding hydrogens is 364 g/mol. The number of H-pyrrole nitrogens is 1. The number of aromatic nitrogens is 3. The van der Waals surface area contributed by atoms with Crippen LogP contribution in [0.25, 0.3) is 0 Å². The van der Waals surface area contributed by atoms with Crippen molar-refractivity contribution in [2.45, 2.75) is 18.5 Å². The Morgan fingerprint density at radius 3 is 2.67 bits per heavy atom. The van der Waals surface area contributed by atoms with Crippen molar-refractivity contribution in [2.24, 2.45) is 5.10 Å². The molecule has 0 spiro atoms. The zero-order valence-corrected chi connectivity index (χ0v) is 15.0. The Hall–Kier alpha value is -3.01. The van der Waals surface area contributed by atoms with Gasteiger partial charge in [0.25, 0.3) is 0 Å². The summed E-state index contributed by atoms with van der Waals surface area (Å²) in [7, 11) is 0. The molecule has 1 aliphatic rings. The fourth-order valence-corrected chi connectivity index (χ4v) is 3.22. The van der Waals surface area contributed by atoms with E-state index in [0.29, 0.717) is 16.2 Å². The monoisotopic (exact) mass is 382 g/mol. The average molecular weight is 382 g/mol. The summed E-state index contributed by atoms with van der Waals surface area (Å²) in [6.45, 7) is 0. The number of rotatable bonds is 4. The molecule has 27 heavy (non-hydrogen) atoms. The molecule has 0 aliphatic carbocycles. The Balaban J connectivity index is 1.57. The number of phenols is 2. The predicted octanol–water partition coefficient (Wildman–Crippen LogP) is 2.51. The van der Waals surface area contributed by atoms with Gasteiger partial charge in [0.15, 0.2) is 5.82 Å². The maximum absolute atomic E-state index is 9.90. The first kappa shape index (κ1) is 17.4. The number of aromatic hydroxyl groups is 2. The number of hydrazine groups is 1. The largest absolute Gasteiger partial charge is 0.508 e. The van der Waals surface area contributed by atoms with Gasteiger partial charge in [-0.05, 0) is 36.3 Å². The van der Waals surface area contributed by atoms with Crippen LogP contribution < -0.4 is 10.9 Å². The summed E-state index contributed by atoms with van der Waals surface area (Å²) in [5.41, 5.74) is 8.16. The van der Waals surface area contributed by atoms with Crippen LogP contribution in [0, 0.1) is 4.77 Å². The minimum atomic E-state index is -0.0891. The number of hydrogen-bond acceptors (Lipinski definition) is 7. The van der Waals surface area contributed by atoms with E-state index in [9.17, 15) is 10.2 Å². The van der Waals surface area contributed by atoms with Crippen molar-refractivity contribution in [3.05, 3.63) is 70.3 Å². The second-order valence-electron chi connectivity index (χ2n) is 6.23. The van der Waals surface area contributed by atoms with Crippen LogP contribution in [0.2, 0.25) is 0 Å². The average Bonchev–Trinajstić information content (AvgIpc) is 3.29. The Morgan fingerprint density at radius 2 is 1.89 bits per heavy atom. The lowest BCUT2D eigenvalue weighted by Crippen LogP contribution is -2.27. The molecule has 2 aromatic carbocycles. The molecule has 3 aromatic rings. The molecule has 0 amide bonds. The van der Waals surface area contributed by atoms with Crippen molar-refractivity contribution >= 4 is 18.4 Å². The van der Waals surface area contributed by atoms with Gasteiger partial charge in [-0.25, -0.2) is 10.9 Å². The molecule has 138 valence electrons. The van der Waals surface area contributed by atoms with Gasteiger partial charge in [-0.15, -0.1) is 0 Å². The van der Waals surface area contributed by atoms with Gasteiger partial charge >= 0.3 is 0 Å². The minimum absolute atomic E-state index is 0.0153. The first-order valence-electron chi connectivity index (χ1n) is 8.41. The van der Waals surface area contributed by atoms with Crippen molar-refractivity contribution in [3.8, 4) is 11.5 Å².